The van der Waals surface area contributed by atoms with Gasteiger partial charge in [-0.1, -0.05) is 24.3 Å². The SMILES string of the molecule is Cc1cc(CNC(=O)c2cc(C(=O)N[C@@H](C)c3ccc(C(=O)N4CCC[C@H]4C(N)=O)cc3)ncn2)ccc1F. The summed E-state index contributed by atoms with van der Waals surface area (Å²) < 4.78 is 13.5. The van der Waals surface area contributed by atoms with Gasteiger partial charge in [0.05, 0.1) is 6.04 Å². The van der Waals surface area contributed by atoms with E-state index in [9.17, 15) is 23.6 Å². The van der Waals surface area contributed by atoms with Crippen LogP contribution in [0.15, 0.2) is 54.9 Å². The molecule has 3 aromatic rings. The minimum atomic E-state index is -0.595. The number of primary amides is 1. The lowest BCUT2D eigenvalue weighted by Gasteiger charge is -2.22. The molecule has 0 saturated carbocycles. The van der Waals surface area contributed by atoms with E-state index in [4.69, 9.17) is 5.73 Å². The molecule has 0 radical (unpaired) electrons. The molecule has 2 atom stereocenters. The van der Waals surface area contributed by atoms with Crippen molar-refractivity contribution in [3.05, 3.63) is 94.3 Å². The van der Waals surface area contributed by atoms with E-state index in [1.54, 1.807) is 50.2 Å². The summed E-state index contributed by atoms with van der Waals surface area (Å²) in [6.07, 6.45) is 2.41. The molecule has 1 saturated heterocycles. The molecule has 0 bridgehead atoms. The highest BCUT2D eigenvalue weighted by Crippen LogP contribution is 2.21. The number of nitrogens with two attached hydrogens (primary N) is 1. The van der Waals surface area contributed by atoms with Gasteiger partial charge in [0, 0.05) is 24.7 Å². The number of nitrogens with zero attached hydrogens (tertiary/aromatic N) is 3. The van der Waals surface area contributed by atoms with E-state index in [-0.39, 0.29) is 29.7 Å². The predicted molar refractivity (Wildman–Crippen MR) is 140 cm³/mol. The third-order valence-corrected chi connectivity index (χ3v) is 6.66. The summed E-state index contributed by atoms with van der Waals surface area (Å²) in [5.74, 6) is -2.11. The molecular weight excluding hydrogens is 503 g/mol. The fourth-order valence-electron chi connectivity index (χ4n) is 4.44. The number of rotatable bonds is 8. The molecule has 4 N–H and O–H groups in total. The second-order valence-electron chi connectivity index (χ2n) is 9.43. The Morgan fingerprint density at radius 2 is 1.74 bits per heavy atom. The molecule has 0 aliphatic carbocycles. The highest BCUT2D eigenvalue weighted by Gasteiger charge is 2.33. The van der Waals surface area contributed by atoms with Crippen LogP contribution in [0.3, 0.4) is 0 Å². The van der Waals surface area contributed by atoms with Crippen molar-refractivity contribution < 1.29 is 23.6 Å². The molecule has 11 heteroatoms. The summed E-state index contributed by atoms with van der Waals surface area (Å²) in [6.45, 7) is 4.06. The van der Waals surface area contributed by atoms with Crippen LogP contribution in [-0.2, 0) is 11.3 Å². The summed E-state index contributed by atoms with van der Waals surface area (Å²) in [4.78, 5) is 59.3. The van der Waals surface area contributed by atoms with E-state index >= 15 is 0 Å². The lowest BCUT2D eigenvalue weighted by Crippen LogP contribution is -2.43. The summed E-state index contributed by atoms with van der Waals surface area (Å²) in [6, 6.07) is 11.6. The number of nitrogens with one attached hydrogen (secondary N) is 2. The number of carbonyl (C=O) groups is 4. The quantitative estimate of drug-likeness (QED) is 0.406. The first-order chi connectivity index (χ1) is 18.6. The van der Waals surface area contributed by atoms with E-state index in [1.807, 2.05) is 0 Å². The Morgan fingerprint density at radius 3 is 2.41 bits per heavy atom. The Hall–Kier alpha value is -4.67. The fraction of sp³-hybridized carbons (Fsp3) is 0.286. The molecule has 1 aliphatic rings. The Labute approximate surface area is 224 Å². The van der Waals surface area contributed by atoms with Crippen molar-refractivity contribution in [3.63, 3.8) is 0 Å². The first-order valence-corrected chi connectivity index (χ1v) is 12.5. The van der Waals surface area contributed by atoms with Gasteiger partial charge in [-0.15, -0.1) is 0 Å². The molecule has 1 aromatic heterocycles. The van der Waals surface area contributed by atoms with Gasteiger partial charge in [-0.2, -0.15) is 0 Å². The Morgan fingerprint density at radius 1 is 1.05 bits per heavy atom. The van der Waals surface area contributed by atoms with Crippen LogP contribution in [0.2, 0.25) is 0 Å². The van der Waals surface area contributed by atoms with Crippen molar-refractivity contribution in [2.75, 3.05) is 6.54 Å². The average Bonchev–Trinajstić information content (AvgIpc) is 3.44. The van der Waals surface area contributed by atoms with Gasteiger partial charge < -0.3 is 21.3 Å². The predicted octanol–water partition coefficient (Wildman–Crippen LogP) is 2.44. The molecule has 1 fully saturated rings. The Balaban J connectivity index is 1.36. The summed E-state index contributed by atoms with van der Waals surface area (Å²) >= 11 is 0. The van der Waals surface area contributed by atoms with Crippen LogP contribution in [0.4, 0.5) is 4.39 Å². The van der Waals surface area contributed by atoms with Crippen molar-refractivity contribution in [1.82, 2.24) is 25.5 Å². The molecule has 10 nitrogen and oxygen atoms in total. The molecule has 0 unspecified atom stereocenters. The van der Waals surface area contributed by atoms with E-state index in [1.165, 1.54) is 17.0 Å². The Bertz CT molecular complexity index is 1410. The van der Waals surface area contributed by atoms with Crippen LogP contribution in [0, 0.1) is 12.7 Å². The molecule has 0 spiro atoms. The monoisotopic (exact) mass is 532 g/mol. The van der Waals surface area contributed by atoms with Crippen molar-refractivity contribution in [3.8, 4) is 0 Å². The number of hydrogen-bond donors (Lipinski definition) is 3. The van der Waals surface area contributed by atoms with Crippen LogP contribution in [0.5, 0.6) is 0 Å². The van der Waals surface area contributed by atoms with Gasteiger partial charge in [-0.05, 0) is 61.6 Å². The number of aromatic nitrogens is 2. The molecule has 39 heavy (non-hydrogen) atoms. The maximum Gasteiger partial charge on any atom is 0.270 e. The average molecular weight is 533 g/mol. The van der Waals surface area contributed by atoms with Gasteiger partial charge in [-0.25, -0.2) is 14.4 Å². The molecule has 4 amide bonds. The summed E-state index contributed by atoms with van der Waals surface area (Å²) in [7, 11) is 0. The van der Waals surface area contributed by atoms with Gasteiger partial charge in [0.2, 0.25) is 5.91 Å². The van der Waals surface area contributed by atoms with Crippen molar-refractivity contribution in [1.29, 1.82) is 0 Å². The molecule has 4 rings (SSSR count). The van der Waals surface area contributed by atoms with E-state index in [0.29, 0.717) is 24.1 Å². The Kier molecular flexibility index (Phi) is 8.28. The zero-order chi connectivity index (χ0) is 28.1. The molecular formula is C28H29FN6O4. The summed E-state index contributed by atoms with van der Waals surface area (Å²) in [5.41, 5.74) is 7.82. The van der Waals surface area contributed by atoms with Gasteiger partial charge >= 0.3 is 0 Å². The lowest BCUT2D eigenvalue weighted by atomic mass is 10.0. The largest absolute Gasteiger partial charge is 0.368 e. The molecule has 202 valence electrons. The highest BCUT2D eigenvalue weighted by atomic mass is 19.1. The zero-order valence-electron chi connectivity index (χ0n) is 21.6. The maximum absolute atomic E-state index is 13.5. The number of hydrogen-bond acceptors (Lipinski definition) is 6. The maximum atomic E-state index is 13.5. The smallest absolute Gasteiger partial charge is 0.270 e. The third-order valence-electron chi connectivity index (χ3n) is 6.66. The number of carbonyl (C=O) groups excluding carboxylic acids is 4. The van der Waals surface area contributed by atoms with Crippen LogP contribution in [0.25, 0.3) is 0 Å². The van der Waals surface area contributed by atoms with E-state index in [2.05, 4.69) is 20.6 Å². The topological polar surface area (TPSA) is 147 Å². The van der Waals surface area contributed by atoms with Crippen LogP contribution < -0.4 is 16.4 Å². The minimum Gasteiger partial charge on any atom is -0.368 e. The first kappa shape index (κ1) is 27.4. The van der Waals surface area contributed by atoms with Crippen molar-refractivity contribution >= 4 is 23.6 Å². The molecule has 2 heterocycles. The highest BCUT2D eigenvalue weighted by molar-refractivity contribution is 5.98. The summed E-state index contributed by atoms with van der Waals surface area (Å²) in [5, 5.41) is 5.52. The number of aryl methyl sites for hydroxylation is 1. The number of likely N-dealkylation sites (tertiary alicyclic amines) is 1. The van der Waals surface area contributed by atoms with Gasteiger partial charge in [0.1, 0.15) is 29.6 Å². The minimum absolute atomic E-state index is 0.0120. The van der Waals surface area contributed by atoms with Crippen molar-refractivity contribution in [2.45, 2.75) is 45.3 Å². The molecule has 2 aromatic carbocycles. The van der Waals surface area contributed by atoms with Crippen LogP contribution in [-0.4, -0.2) is 51.1 Å². The van der Waals surface area contributed by atoms with E-state index < -0.39 is 29.8 Å². The second-order valence-corrected chi connectivity index (χ2v) is 9.43. The fourth-order valence-corrected chi connectivity index (χ4v) is 4.44. The van der Waals surface area contributed by atoms with Gasteiger partial charge in [-0.3, -0.25) is 19.2 Å². The zero-order valence-corrected chi connectivity index (χ0v) is 21.6. The third kappa shape index (κ3) is 6.43. The van der Waals surface area contributed by atoms with E-state index in [0.717, 1.165) is 23.9 Å². The van der Waals surface area contributed by atoms with Gasteiger partial charge in [0.15, 0.2) is 0 Å². The van der Waals surface area contributed by atoms with Gasteiger partial charge in [0.25, 0.3) is 17.7 Å². The lowest BCUT2D eigenvalue weighted by molar-refractivity contribution is -0.121. The second kappa shape index (κ2) is 11.8. The number of halogens is 1. The van der Waals surface area contributed by atoms with Crippen LogP contribution in [0.1, 0.15) is 73.8 Å². The number of benzene rings is 2. The molecule has 1 aliphatic heterocycles. The number of amides is 4. The standard InChI is InChI=1S/C28H29FN6O4/c1-16-12-18(5-10-21(16)29)14-31-26(37)22-13-23(33-15-32-22)27(38)34-17(2)19-6-8-20(9-7-19)28(39)35-11-3-4-24(35)25(30)36/h5-10,12-13,15,17,24H,3-4,11,14H2,1-2H3,(H2,30,36)(H,31,37)(H,34,38)/t17-,24-/m0/s1. The van der Waals surface area contributed by atoms with Crippen LogP contribution >= 0.6 is 0 Å². The first-order valence-electron chi connectivity index (χ1n) is 12.5. The normalized spacial score (nSPS) is 15.5. The van der Waals surface area contributed by atoms with Crippen molar-refractivity contribution in [2.24, 2.45) is 5.73 Å².